The predicted molar refractivity (Wildman–Crippen MR) is 62.6 cm³/mol. The molecule has 0 aromatic carbocycles. The molecule has 3 atom stereocenters. The van der Waals surface area contributed by atoms with Crippen molar-refractivity contribution in [2.24, 2.45) is 5.92 Å². The van der Waals surface area contributed by atoms with E-state index in [1.165, 1.54) is 32.2 Å². The summed E-state index contributed by atoms with van der Waals surface area (Å²) in [5.41, 5.74) is 0. The maximum Gasteiger partial charge on any atom is 0.0246 e. The number of likely N-dealkylation sites (N-methyl/N-ethyl adjacent to an activating group) is 2. The molecule has 0 amide bonds. The molecule has 1 saturated carbocycles. The molecule has 2 heteroatoms. The summed E-state index contributed by atoms with van der Waals surface area (Å²) in [6, 6.07) is 1.50. The Labute approximate surface area is 89.1 Å². The number of nitrogens with one attached hydrogen (secondary N) is 1. The van der Waals surface area contributed by atoms with Crippen LogP contribution in [0.1, 0.15) is 39.5 Å². The van der Waals surface area contributed by atoms with E-state index in [1.54, 1.807) is 0 Å². The quantitative estimate of drug-likeness (QED) is 0.728. The van der Waals surface area contributed by atoms with Crippen molar-refractivity contribution in [3.05, 3.63) is 0 Å². The summed E-state index contributed by atoms with van der Waals surface area (Å²) in [7, 11) is 4.38. The van der Waals surface area contributed by atoms with Gasteiger partial charge in [-0.15, -0.1) is 0 Å². The summed E-state index contributed by atoms with van der Waals surface area (Å²) in [5, 5.41) is 3.44. The first-order valence-electron chi connectivity index (χ1n) is 6.06. The van der Waals surface area contributed by atoms with Gasteiger partial charge in [0, 0.05) is 18.6 Å². The first-order valence-corrected chi connectivity index (χ1v) is 6.06. The summed E-state index contributed by atoms with van der Waals surface area (Å²) < 4.78 is 0. The zero-order valence-corrected chi connectivity index (χ0v) is 10.2. The number of hydrogen-bond donors (Lipinski definition) is 1. The highest BCUT2D eigenvalue weighted by Crippen LogP contribution is 2.23. The van der Waals surface area contributed by atoms with Crippen LogP contribution in [0.4, 0.5) is 0 Å². The van der Waals surface area contributed by atoms with Crippen LogP contribution in [0.2, 0.25) is 0 Å². The fourth-order valence-electron chi connectivity index (χ4n) is 2.56. The van der Waals surface area contributed by atoms with Crippen molar-refractivity contribution in [1.29, 1.82) is 0 Å². The Morgan fingerprint density at radius 2 is 2.14 bits per heavy atom. The summed E-state index contributed by atoms with van der Waals surface area (Å²) in [5.74, 6) is 0.832. The second-order valence-corrected chi connectivity index (χ2v) is 4.85. The third-order valence-electron chi connectivity index (χ3n) is 3.71. The van der Waals surface area contributed by atoms with E-state index in [-0.39, 0.29) is 0 Å². The van der Waals surface area contributed by atoms with Gasteiger partial charge in [0.25, 0.3) is 0 Å². The molecule has 1 N–H and O–H groups in total. The third kappa shape index (κ3) is 2.96. The maximum atomic E-state index is 3.44. The van der Waals surface area contributed by atoms with E-state index in [0.29, 0.717) is 0 Å². The lowest BCUT2D eigenvalue weighted by molar-refractivity contribution is 0.188. The molecule has 14 heavy (non-hydrogen) atoms. The molecule has 0 saturated heterocycles. The summed E-state index contributed by atoms with van der Waals surface area (Å²) >= 11 is 0. The zero-order chi connectivity index (χ0) is 10.6. The molecule has 1 aliphatic rings. The first-order chi connectivity index (χ1) is 6.69. The lowest BCUT2D eigenvalue weighted by Crippen LogP contribution is -2.45. The van der Waals surface area contributed by atoms with Crippen LogP contribution in [0.15, 0.2) is 0 Å². The second kappa shape index (κ2) is 5.72. The van der Waals surface area contributed by atoms with Crippen LogP contribution in [0, 0.1) is 5.92 Å². The Kier molecular flexibility index (Phi) is 4.90. The highest BCUT2D eigenvalue weighted by molar-refractivity contribution is 4.88. The average molecular weight is 198 g/mol. The summed E-state index contributed by atoms with van der Waals surface area (Å²) in [4.78, 5) is 2.56. The molecule has 3 unspecified atom stereocenters. The monoisotopic (exact) mass is 198 g/mol. The molecule has 0 spiro atoms. The second-order valence-electron chi connectivity index (χ2n) is 4.85. The Hall–Kier alpha value is -0.0800. The van der Waals surface area contributed by atoms with E-state index in [9.17, 15) is 0 Å². The first kappa shape index (κ1) is 12.0. The van der Waals surface area contributed by atoms with Crippen LogP contribution in [0.3, 0.4) is 0 Å². The van der Waals surface area contributed by atoms with Gasteiger partial charge in [0.2, 0.25) is 0 Å². The van der Waals surface area contributed by atoms with Gasteiger partial charge < -0.3 is 10.2 Å². The molecule has 0 heterocycles. The summed E-state index contributed by atoms with van der Waals surface area (Å²) in [6.45, 7) is 5.88. The minimum absolute atomic E-state index is 0.726. The fraction of sp³-hybridized carbons (Fsp3) is 1.00. The Balaban J connectivity index is 2.38. The minimum Gasteiger partial charge on any atom is -0.315 e. The molecule has 0 bridgehead atoms. The smallest absolute Gasteiger partial charge is 0.0246 e. The van der Waals surface area contributed by atoms with Gasteiger partial charge >= 0.3 is 0 Å². The molecule has 1 rings (SSSR count). The normalized spacial score (nSPS) is 29.8. The number of hydrogen-bond acceptors (Lipinski definition) is 2. The van der Waals surface area contributed by atoms with Gasteiger partial charge in [-0.2, -0.15) is 0 Å². The molecule has 1 aliphatic carbocycles. The van der Waals surface area contributed by atoms with Gasteiger partial charge in [0.05, 0.1) is 0 Å². The maximum absolute atomic E-state index is 3.44. The molecule has 0 aromatic rings. The van der Waals surface area contributed by atoms with Crippen LogP contribution < -0.4 is 5.32 Å². The molecule has 0 aliphatic heterocycles. The van der Waals surface area contributed by atoms with E-state index in [1.807, 2.05) is 0 Å². The topological polar surface area (TPSA) is 15.3 Å². The highest BCUT2D eigenvalue weighted by atomic mass is 15.2. The fourth-order valence-corrected chi connectivity index (χ4v) is 2.56. The standard InChI is InChI=1S/C12H26N2/c1-5-10(2)9-14(4)12-8-6-7-11(12)13-3/h10-13H,5-9H2,1-4H3. The van der Waals surface area contributed by atoms with Gasteiger partial charge in [-0.1, -0.05) is 26.7 Å². The van der Waals surface area contributed by atoms with Crippen molar-refractivity contribution in [3.8, 4) is 0 Å². The van der Waals surface area contributed by atoms with Crippen LogP contribution in [-0.4, -0.2) is 37.6 Å². The van der Waals surface area contributed by atoms with Gasteiger partial charge in [0.15, 0.2) is 0 Å². The molecule has 84 valence electrons. The Morgan fingerprint density at radius 3 is 2.71 bits per heavy atom. The largest absolute Gasteiger partial charge is 0.315 e. The van der Waals surface area contributed by atoms with Crippen LogP contribution in [0.5, 0.6) is 0 Å². The van der Waals surface area contributed by atoms with Crippen LogP contribution in [-0.2, 0) is 0 Å². The van der Waals surface area contributed by atoms with Crippen molar-refractivity contribution >= 4 is 0 Å². The Bertz CT molecular complexity index is 158. The van der Waals surface area contributed by atoms with Crippen molar-refractivity contribution < 1.29 is 0 Å². The van der Waals surface area contributed by atoms with E-state index in [2.05, 4.69) is 38.2 Å². The minimum atomic E-state index is 0.726. The number of nitrogens with zero attached hydrogens (tertiary/aromatic N) is 1. The van der Waals surface area contributed by atoms with Gasteiger partial charge in [-0.25, -0.2) is 0 Å². The molecule has 1 fully saturated rings. The number of rotatable bonds is 5. The SMILES string of the molecule is CCC(C)CN(C)C1CCCC1NC. The summed E-state index contributed by atoms with van der Waals surface area (Å²) in [6.07, 6.45) is 5.41. The average Bonchev–Trinajstić information content (AvgIpc) is 2.65. The van der Waals surface area contributed by atoms with Crippen molar-refractivity contribution in [3.63, 3.8) is 0 Å². The van der Waals surface area contributed by atoms with E-state index < -0.39 is 0 Å². The molecule has 0 aromatic heterocycles. The van der Waals surface area contributed by atoms with Gasteiger partial charge in [-0.05, 0) is 32.9 Å². The van der Waals surface area contributed by atoms with E-state index >= 15 is 0 Å². The van der Waals surface area contributed by atoms with E-state index in [4.69, 9.17) is 0 Å². The van der Waals surface area contributed by atoms with Crippen LogP contribution in [0.25, 0.3) is 0 Å². The zero-order valence-electron chi connectivity index (χ0n) is 10.2. The third-order valence-corrected chi connectivity index (χ3v) is 3.71. The van der Waals surface area contributed by atoms with E-state index in [0.717, 1.165) is 18.0 Å². The molecular weight excluding hydrogens is 172 g/mol. The lowest BCUT2D eigenvalue weighted by Gasteiger charge is -2.31. The molecule has 2 nitrogen and oxygen atoms in total. The van der Waals surface area contributed by atoms with Crippen molar-refractivity contribution in [2.75, 3.05) is 20.6 Å². The van der Waals surface area contributed by atoms with Gasteiger partial charge in [-0.3, -0.25) is 0 Å². The molecular formula is C12H26N2. The van der Waals surface area contributed by atoms with Crippen LogP contribution >= 0.6 is 0 Å². The predicted octanol–water partition coefficient (Wildman–Crippen LogP) is 2.10. The highest BCUT2D eigenvalue weighted by Gasteiger charge is 2.29. The lowest BCUT2D eigenvalue weighted by atomic mass is 10.1. The van der Waals surface area contributed by atoms with Crippen molar-refractivity contribution in [2.45, 2.75) is 51.6 Å². The van der Waals surface area contributed by atoms with Crippen molar-refractivity contribution in [1.82, 2.24) is 10.2 Å². The van der Waals surface area contributed by atoms with Gasteiger partial charge in [0.1, 0.15) is 0 Å². The Morgan fingerprint density at radius 1 is 1.43 bits per heavy atom. The molecule has 0 radical (unpaired) electrons.